The first-order chi connectivity index (χ1) is 7.36. The Morgan fingerprint density at radius 1 is 1.40 bits per heavy atom. The van der Waals surface area contributed by atoms with Gasteiger partial charge in [-0.25, -0.2) is 0 Å². The zero-order chi connectivity index (χ0) is 10.9. The topological polar surface area (TPSA) is 21.3 Å². The van der Waals surface area contributed by atoms with Gasteiger partial charge >= 0.3 is 0 Å². The highest BCUT2D eigenvalue weighted by molar-refractivity contribution is 7.99. The Morgan fingerprint density at radius 2 is 2.27 bits per heavy atom. The standard InChI is InChI=1S/C12H25NOS/c1-3-7-13-11-5-6-12(10-11)15-9-4-8-14-2/h11-13H,3-10H2,1-2H3. The molecular formula is C12H25NOS. The Kier molecular flexibility index (Phi) is 7.49. The van der Waals surface area contributed by atoms with E-state index in [1.165, 1.54) is 44.4 Å². The van der Waals surface area contributed by atoms with Gasteiger partial charge in [0.05, 0.1) is 0 Å². The second-order valence-electron chi connectivity index (χ2n) is 4.30. The normalized spacial score (nSPS) is 26.0. The molecule has 0 spiro atoms. The number of methoxy groups -OCH3 is 1. The number of nitrogens with one attached hydrogen (secondary N) is 1. The van der Waals surface area contributed by atoms with Crippen LogP contribution in [0, 0.1) is 0 Å². The van der Waals surface area contributed by atoms with E-state index in [1.807, 2.05) is 0 Å². The van der Waals surface area contributed by atoms with Gasteiger partial charge in [-0.1, -0.05) is 6.92 Å². The molecule has 0 saturated heterocycles. The Hall–Kier alpha value is 0.270. The van der Waals surface area contributed by atoms with Gasteiger partial charge in [0.25, 0.3) is 0 Å². The molecule has 0 amide bonds. The summed E-state index contributed by atoms with van der Waals surface area (Å²) in [5, 5.41) is 4.52. The van der Waals surface area contributed by atoms with Crippen LogP contribution in [0.25, 0.3) is 0 Å². The van der Waals surface area contributed by atoms with Crippen LogP contribution in [-0.4, -0.2) is 37.3 Å². The molecule has 0 bridgehead atoms. The highest BCUT2D eigenvalue weighted by atomic mass is 32.2. The lowest BCUT2D eigenvalue weighted by Crippen LogP contribution is -2.27. The van der Waals surface area contributed by atoms with Gasteiger partial charge < -0.3 is 10.1 Å². The number of rotatable bonds is 8. The third kappa shape index (κ3) is 5.79. The molecule has 2 atom stereocenters. The fourth-order valence-electron chi connectivity index (χ4n) is 2.08. The maximum Gasteiger partial charge on any atom is 0.0470 e. The Morgan fingerprint density at radius 3 is 3.00 bits per heavy atom. The first-order valence-corrected chi connectivity index (χ1v) is 7.25. The largest absolute Gasteiger partial charge is 0.385 e. The summed E-state index contributed by atoms with van der Waals surface area (Å²) in [7, 11) is 1.78. The number of ether oxygens (including phenoxy) is 1. The van der Waals surface area contributed by atoms with E-state index in [4.69, 9.17) is 4.74 Å². The molecule has 1 aliphatic carbocycles. The maximum absolute atomic E-state index is 5.06. The van der Waals surface area contributed by atoms with Crippen molar-refractivity contribution in [1.82, 2.24) is 5.32 Å². The predicted octanol–water partition coefficient (Wildman–Crippen LogP) is 2.68. The van der Waals surface area contributed by atoms with Crippen LogP contribution in [0.5, 0.6) is 0 Å². The second kappa shape index (κ2) is 8.43. The van der Waals surface area contributed by atoms with Gasteiger partial charge in [-0.05, 0) is 44.4 Å². The molecule has 0 aromatic rings. The summed E-state index contributed by atoms with van der Waals surface area (Å²) in [5.74, 6) is 1.26. The van der Waals surface area contributed by atoms with E-state index in [0.717, 1.165) is 17.9 Å². The van der Waals surface area contributed by atoms with Crippen molar-refractivity contribution in [2.75, 3.05) is 26.0 Å². The Labute approximate surface area is 98.5 Å². The van der Waals surface area contributed by atoms with Crippen LogP contribution in [0.4, 0.5) is 0 Å². The molecule has 3 heteroatoms. The van der Waals surface area contributed by atoms with Crippen molar-refractivity contribution in [2.45, 2.75) is 50.3 Å². The molecule has 1 saturated carbocycles. The molecule has 2 nitrogen and oxygen atoms in total. The van der Waals surface area contributed by atoms with E-state index >= 15 is 0 Å². The van der Waals surface area contributed by atoms with Crippen LogP contribution >= 0.6 is 11.8 Å². The zero-order valence-electron chi connectivity index (χ0n) is 10.1. The van der Waals surface area contributed by atoms with E-state index in [1.54, 1.807) is 7.11 Å². The fourth-order valence-corrected chi connectivity index (χ4v) is 3.37. The summed E-state index contributed by atoms with van der Waals surface area (Å²) in [4.78, 5) is 0. The molecular weight excluding hydrogens is 206 g/mol. The van der Waals surface area contributed by atoms with Crippen molar-refractivity contribution < 1.29 is 4.74 Å². The second-order valence-corrected chi connectivity index (χ2v) is 5.71. The monoisotopic (exact) mass is 231 g/mol. The SMILES string of the molecule is CCCNC1CCC(SCCCOC)C1. The van der Waals surface area contributed by atoms with Crippen LogP contribution in [0.2, 0.25) is 0 Å². The van der Waals surface area contributed by atoms with Crippen molar-refractivity contribution in [3.05, 3.63) is 0 Å². The number of hydrogen-bond acceptors (Lipinski definition) is 3. The minimum Gasteiger partial charge on any atom is -0.385 e. The minimum atomic E-state index is 0.796. The van der Waals surface area contributed by atoms with E-state index in [2.05, 4.69) is 24.0 Å². The molecule has 0 aromatic carbocycles. The van der Waals surface area contributed by atoms with Gasteiger partial charge in [-0.3, -0.25) is 0 Å². The van der Waals surface area contributed by atoms with Gasteiger partial charge in [-0.15, -0.1) is 0 Å². The minimum absolute atomic E-state index is 0.796. The molecule has 1 N–H and O–H groups in total. The molecule has 2 unspecified atom stereocenters. The summed E-state index contributed by atoms with van der Waals surface area (Å²) in [5.41, 5.74) is 0. The maximum atomic E-state index is 5.06. The molecule has 0 heterocycles. The Bertz CT molecular complexity index is 155. The van der Waals surface area contributed by atoms with Gasteiger partial charge in [0.2, 0.25) is 0 Å². The van der Waals surface area contributed by atoms with E-state index in [-0.39, 0.29) is 0 Å². The van der Waals surface area contributed by atoms with E-state index < -0.39 is 0 Å². The number of hydrogen-bond donors (Lipinski definition) is 1. The first kappa shape index (κ1) is 13.3. The van der Waals surface area contributed by atoms with Crippen LogP contribution in [-0.2, 0) is 4.74 Å². The molecule has 1 fully saturated rings. The average Bonchev–Trinajstić information content (AvgIpc) is 2.69. The lowest BCUT2D eigenvalue weighted by Gasteiger charge is -2.12. The van der Waals surface area contributed by atoms with Crippen molar-refractivity contribution in [1.29, 1.82) is 0 Å². The molecule has 15 heavy (non-hydrogen) atoms. The summed E-state index contributed by atoms with van der Waals surface area (Å²) >= 11 is 2.14. The highest BCUT2D eigenvalue weighted by Gasteiger charge is 2.23. The van der Waals surface area contributed by atoms with Crippen LogP contribution in [0.15, 0.2) is 0 Å². The van der Waals surface area contributed by atoms with Crippen molar-refractivity contribution in [3.8, 4) is 0 Å². The van der Waals surface area contributed by atoms with Gasteiger partial charge in [0.15, 0.2) is 0 Å². The summed E-state index contributed by atoms with van der Waals surface area (Å²) in [6.45, 7) is 4.34. The lowest BCUT2D eigenvalue weighted by molar-refractivity contribution is 0.200. The lowest BCUT2D eigenvalue weighted by atomic mass is 10.2. The van der Waals surface area contributed by atoms with Crippen molar-refractivity contribution in [3.63, 3.8) is 0 Å². The van der Waals surface area contributed by atoms with E-state index in [0.29, 0.717) is 0 Å². The van der Waals surface area contributed by atoms with Crippen LogP contribution in [0.1, 0.15) is 39.0 Å². The molecule has 0 aromatic heterocycles. The predicted molar refractivity (Wildman–Crippen MR) is 68.7 cm³/mol. The molecule has 0 radical (unpaired) electrons. The Balaban J connectivity index is 1.98. The van der Waals surface area contributed by atoms with Gasteiger partial charge in [-0.2, -0.15) is 11.8 Å². The first-order valence-electron chi connectivity index (χ1n) is 6.20. The van der Waals surface area contributed by atoms with Crippen molar-refractivity contribution >= 4 is 11.8 Å². The third-order valence-corrected chi connectivity index (χ3v) is 4.34. The third-order valence-electron chi connectivity index (χ3n) is 2.91. The molecule has 0 aliphatic heterocycles. The molecule has 90 valence electrons. The zero-order valence-corrected chi connectivity index (χ0v) is 10.9. The highest BCUT2D eigenvalue weighted by Crippen LogP contribution is 2.30. The fraction of sp³-hybridized carbons (Fsp3) is 1.00. The van der Waals surface area contributed by atoms with E-state index in [9.17, 15) is 0 Å². The smallest absolute Gasteiger partial charge is 0.0470 e. The summed E-state index contributed by atoms with van der Waals surface area (Å²) in [6.07, 6.45) is 6.60. The number of thioether (sulfide) groups is 1. The van der Waals surface area contributed by atoms with Gasteiger partial charge in [0.1, 0.15) is 0 Å². The summed E-state index contributed by atoms with van der Waals surface area (Å²) < 4.78 is 5.06. The molecule has 1 rings (SSSR count). The van der Waals surface area contributed by atoms with Crippen molar-refractivity contribution in [2.24, 2.45) is 0 Å². The van der Waals surface area contributed by atoms with Gasteiger partial charge in [0, 0.05) is 25.0 Å². The van der Waals surface area contributed by atoms with Crippen LogP contribution in [0.3, 0.4) is 0 Å². The van der Waals surface area contributed by atoms with Crippen LogP contribution < -0.4 is 5.32 Å². The molecule has 1 aliphatic rings. The quantitative estimate of drug-likeness (QED) is 0.649. The summed E-state index contributed by atoms with van der Waals surface area (Å²) in [6, 6.07) is 0.796. The average molecular weight is 231 g/mol.